The molecular weight excluding hydrogens is 362 g/mol. The van der Waals surface area contributed by atoms with Crippen LogP contribution < -0.4 is 0 Å². The number of Topliss-reactive ketones (excluding diaryl/α,β-unsaturated/α-hetero) is 1. The Balaban J connectivity index is 1.77. The number of aliphatic hydroxyl groups is 2. The molecule has 0 bridgehead atoms. The number of aliphatic hydroxyl groups excluding tert-OH is 2. The average Bonchev–Trinajstić information content (AvgIpc) is 2.86. The van der Waals surface area contributed by atoms with E-state index in [2.05, 4.69) is 12.1 Å². The van der Waals surface area contributed by atoms with Crippen molar-refractivity contribution in [2.75, 3.05) is 6.61 Å². The number of carbonyl (C=O) groups excluding carboxylic acids is 1. The van der Waals surface area contributed by atoms with E-state index in [1.807, 2.05) is 13.0 Å². The van der Waals surface area contributed by atoms with Crippen LogP contribution in [0.3, 0.4) is 0 Å². The molecule has 0 saturated heterocycles. The maximum Gasteiger partial charge on any atom is 0.344 e. The SMILES string of the molecule is C[C@]12CC[C@H](O)CC1=C/C(=N\OCC(=O)O)[C@@H]1[C@@H]2CC[C@]2(C)C(=O)[C@H](O)C[C@@H]12. The number of fused-ring (bicyclic) bond motifs is 5. The van der Waals surface area contributed by atoms with Gasteiger partial charge in [0, 0.05) is 11.3 Å². The molecule has 7 heteroatoms. The molecule has 0 amide bonds. The third kappa shape index (κ3) is 2.82. The minimum absolute atomic E-state index is 0.0394. The lowest BCUT2D eigenvalue weighted by atomic mass is 9.47. The van der Waals surface area contributed by atoms with Gasteiger partial charge in [0.2, 0.25) is 6.61 Å². The van der Waals surface area contributed by atoms with Gasteiger partial charge in [0.25, 0.3) is 0 Å². The van der Waals surface area contributed by atoms with Crippen molar-refractivity contribution in [1.29, 1.82) is 0 Å². The molecular formula is C21H29NO6. The summed E-state index contributed by atoms with van der Waals surface area (Å²) in [5.41, 5.74) is 1.14. The minimum atomic E-state index is -1.10. The first-order valence-electron chi connectivity index (χ1n) is 10.2. The Labute approximate surface area is 164 Å². The van der Waals surface area contributed by atoms with E-state index >= 15 is 0 Å². The second-order valence-electron chi connectivity index (χ2n) is 9.48. The number of carboxylic acids is 1. The van der Waals surface area contributed by atoms with E-state index in [0.29, 0.717) is 18.6 Å². The summed E-state index contributed by atoms with van der Waals surface area (Å²) in [5, 5.41) is 33.6. The van der Waals surface area contributed by atoms with Crippen molar-refractivity contribution >= 4 is 17.5 Å². The Morgan fingerprint density at radius 1 is 1.21 bits per heavy atom. The van der Waals surface area contributed by atoms with Gasteiger partial charge in [0.1, 0.15) is 6.10 Å². The average molecular weight is 391 g/mol. The Morgan fingerprint density at radius 2 is 1.93 bits per heavy atom. The van der Waals surface area contributed by atoms with E-state index in [1.165, 1.54) is 0 Å². The first-order chi connectivity index (χ1) is 13.2. The quantitative estimate of drug-likeness (QED) is 0.633. The van der Waals surface area contributed by atoms with Gasteiger partial charge in [-0.3, -0.25) is 4.79 Å². The standard InChI is InChI=1S/C21H29NO6/c1-20-5-3-12(23)7-11(20)8-15(22-28-10-17(25)26)18-13(20)4-6-21(2)14(18)9-16(24)19(21)27/h8,12-14,16,18,23-24H,3-7,9-10H2,1-2H3,(H,25,26)/b22-15+/t12-,13-,14-,16+,18+,20-,21-/m0/s1. The molecule has 3 fully saturated rings. The lowest BCUT2D eigenvalue weighted by Crippen LogP contribution is -2.53. The first-order valence-corrected chi connectivity index (χ1v) is 10.2. The number of hydrogen-bond donors (Lipinski definition) is 3. The maximum absolute atomic E-state index is 12.7. The van der Waals surface area contributed by atoms with Gasteiger partial charge in [-0.15, -0.1) is 0 Å². The van der Waals surface area contributed by atoms with Crippen LogP contribution in [-0.2, 0) is 14.4 Å². The Hall–Kier alpha value is -1.73. The zero-order chi connectivity index (χ0) is 20.3. The molecule has 0 aromatic rings. The summed E-state index contributed by atoms with van der Waals surface area (Å²) in [6.45, 7) is 3.68. The highest BCUT2D eigenvalue weighted by Crippen LogP contribution is 2.63. The van der Waals surface area contributed by atoms with Crippen molar-refractivity contribution in [1.82, 2.24) is 0 Å². The molecule has 0 aliphatic heterocycles. The second kappa shape index (κ2) is 6.66. The van der Waals surface area contributed by atoms with Crippen LogP contribution in [0.1, 0.15) is 52.4 Å². The minimum Gasteiger partial charge on any atom is -0.479 e. The number of allylic oxidation sites excluding steroid dienone is 1. The van der Waals surface area contributed by atoms with Crippen LogP contribution in [0.2, 0.25) is 0 Å². The number of hydrogen-bond acceptors (Lipinski definition) is 6. The summed E-state index contributed by atoms with van der Waals surface area (Å²) >= 11 is 0. The van der Waals surface area contributed by atoms with Crippen molar-refractivity contribution < 1.29 is 29.7 Å². The van der Waals surface area contributed by atoms with Crippen LogP contribution in [0.15, 0.2) is 16.8 Å². The third-order valence-electron chi connectivity index (χ3n) is 8.03. The van der Waals surface area contributed by atoms with E-state index in [-0.39, 0.29) is 35.1 Å². The van der Waals surface area contributed by atoms with Crippen LogP contribution in [-0.4, -0.2) is 51.6 Å². The molecule has 0 unspecified atom stereocenters. The predicted octanol–water partition coefficient (Wildman–Crippen LogP) is 1.92. The van der Waals surface area contributed by atoms with Gasteiger partial charge >= 0.3 is 5.97 Å². The monoisotopic (exact) mass is 391 g/mol. The highest BCUT2D eigenvalue weighted by molar-refractivity contribution is 6.01. The Morgan fingerprint density at radius 3 is 2.64 bits per heavy atom. The normalized spacial score (nSPS) is 46.4. The van der Waals surface area contributed by atoms with E-state index in [0.717, 1.165) is 31.3 Å². The molecule has 28 heavy (non-hydrogen) atoms. The van der Waals surface area contributed by atoms with E-state index < -0.39 is 24.1 Å². The van der Waals surface area contributed by atoms with Gasteiger partial charge in [-0.05, 0) is 61.9 Å². The third-order valence-corrected chi connectivity index (χ3v) is 8.03. The Kier molecular flexibility index (Phi) is 4.66. The smallest absolute Gasteiger partial charge is 0.344 e. The summed E-state index contributed by atoms with van der Waals surface area (Å²) in [5.74, 6) is -1.04. The largest absolute Gasteiger partial charge is 0.479 e. The maximum atomic E-state index is 12.7. The number of carbonyl (C=O) groups is 2. The molecule has 0 aromatic heterocycles. The number of nitrogens with zero attached hydrogens (tertiary/aromatic N) is 1. The summed E-state index contributed by atoms with van der Waals surface area (Å²) < 4.78 is 0. The molecule has 4 aliphatic carbocycles. The fourth-order valence-corrected chi connectivity index (χ4v) is 6.45. The number of rotatable bonds is 3. The summed E-state index contributed by atoms with van der Waals surface area (Å²) in [6, 6.07) is 0. The van der Waals surface area contributed by atoms with Crippen molar-refractivity contribution in [3.8, 4) is 0 Å². The van der Waals surface area contributed by atoms with E-state index in [4.69, 9.17) is 9.94 Å². The van der Waals surface area contributed by atoms with Gasteiger partial charge in [0.05, 0.1) is 11.8 Å². The van der Waals surface area contributed by atoms with E-state index in [1.54, 1.807) is 0 Å². The van der Waals surface area contributed by atoms with Gasteiger partial charge in [-0.1, -0.05) is 24.6 Å². The molecule has 0 spiro atoms. The molecule has 4 aliphatic rings. The van der Waals surface area contributed by atoms with Crippen molar-refractivity contribution in [3.63, 3.8) is 0 Å². The molecule has 7 nitrogen and oxygen atoms in total. The number of aliphatic carboxylic acids is 1. The zero-order valence-corrected chi connectivity index (χ0v) is 16.4. The summed E-state index contributed by atoms with van der Waals surface area (Å²) in [6.07, 6.45) is 4.86. The number of carboxylic acid groups (broad SMARTS) is 1. The lowest BCUT2D eigenvalue weighted by Gasteiger charge is -2.56. The summed E-state index contributed by atoms with van der Waals surface area (Å²) in [7, 11) is 0. The van der Waals surface area contributed by atoms with Crippen molar-refractivity contribution in [2.45, 2.75) is 64.6 Å². The summed E-state index contributed by atoms with van der Waals surface area (Å²) in [4.78, 5) is 28.6. The molecule has 0 heterocycles. The van der Waals surface area contributed by atoms with Crippen LogP contribution in [0.5, 0.6) is 0 Å². The fourth-order valence-electron chi connectivity index (χ4n) is 6.45. The van der Waals surface area contributed by atoms with Crippen LogP contribution in [0.25, 0.3) is 0 Å². The molecule has 4 rings (SSSR count). The van der Waals surface area contributed by atoms with Crippen molar-refractivity contribution in [3.05, 3.63) is 11.6 Å². The molecule has 154 valence electrons. The van der Waals surface area contributed by atoms with Crippen LogP contribution in [0, 0.1) is 28.6 Å². The van der Waals surface area contributed by atoms with Crippen molar-refractivity contribution in [2.24, 2.45) is 33.7 Å². The zero-order valence-electron chi connectivity index (χ0n) is 16.4. The van der Waals surface area contributed by atoms with Gasteiger partial charge < -0.3 is 20.2 Å². The molecule has 3 saturated carbocycles. The van der Waals surface area contributed by atoms with Crippen LogP contribution in [0.4, 0.5) is 0 Å². The Bertz CT molecular complexity index is 760. The number of ketones is 1. The highest BCUT2D eigenvalue weighted by atomic mass is 16.6. The van der Waals surface area contributed by atoms with Gasteiger partial charge in [-0.2, -0.15) is 0 Å². The highest BCUT2D eigenvalue weighted by Gasteiger charge is 2.62. The fraction of sp³-hybridized carbons (Fsp3) is 0.762. The van der Waals surface area contributed by atoms with Gasteiger partial charge in [0.15, 0.2) is 5.78 Å². The predicted molar refractivity (Wildman–Crippen MR) is 101 cm³/mol. The number of oxime groups is 1. The second-order valence-corrected chi connectivity index (χ2v) is 9.48. The van der Waals surface area contributed by atoms with Gasteiger partial charge in [-0.25, -0.2) is 4.79 Å². The topological polar surface area (TPSA) is 116 Å². The van der Waals surface area contributed by atoms with E-state index in [9.17, 15) is 19.8 Å². The molecule has 3 N–H and O–H groups in total. The lowest BCUT2D eigenvalue weighted by molar-refractivity contribution is -0.142. The molecule has 0 radical (unpaired) electrons. The van der Waals surface area contributed by atoms with Crippen LogP contribution >= 0.6 is 0 Å². The molecule has 0 aromatic carbocycles. The first kappa shape index (κ1) is 19.6. The molecule has 7 atom stereocenters.